The summed E-state index contributed by atoms with van der Waals surface area (Å²) in [6.45, 7) is 0. The molecule has 0 spiro atoms. The highest BCUT2D eigenvalue weighted by molar-refractivity contribution is 8.00. The number of benzene rings is 2. The van der Waals surface area contributed by atoms with E-state index in [1.807, 2.05) is 0 Å². The van der Waals surface area contributed by atoms with E-state index in [-0.39, 0.29) is 27.6 Å². The first-order valence-corrected chi connectivity index (χ1v) is 8.24. The molecule has 11 heteroatoms. The molecule has 0 aliphatic carbocycles. The average Bonchev–Trinajstić information content (AvgIpc) is 2.59. The molecule has 2 aromatic carbocycles. The van der Waals surface area contributed by atoms with Gasteiger partial charge in [-0.15, -0.1) is 11.8 Å². The minimum Gasteiger partial charge on any atom is -0.366 e. The number of hydrogen-bond donors (Lipinski definition) is 2. The van der Waals surface area contributed by atoms with Gasteiger partial charge in [0.25, 0.3) is 5.69 Å². The van der Waals surface area contributed by atoms with Crippen molar-refractivity contribution >= 4 is 35.0 Å². The normalized spacial score (nSPS) is 11.1. The van der Waals surface area contributed by atoms with Gasteiger partial charge in [-0.3, -0.25) is 19.7 Å². The fourth-order valence-corrected chi connectivity index (χ4v) is 2.82. The fourth-order valence-electron chi connectivity index (χ4n) is 2.02. The maximum Gasteiger partial charge on any atom is 0.416 e. The van der Waals surface area contributed by atoms with E-state index in [2.05, 4.69) is 5.32 Å². The number of amides is 2. The maximum atomic E-state index is 12.5. The number of nitrogens with zero attached hydrogens (tertiary/aromatic N) is 1. The van der Waals surface area contributed by atoms with Crippen LogP contribution in [-0.2, 0) is 11.0 Å². The molecule has 2 amide bonds. The van der Waals surface area contributed by atoms with Crippen molar-refractivity contribution < 1.29 is 27.7 Å². The Morgan fingerprint density at radius 1 is 1.15 bits per heavy atom. The highest BCUT2D eigenvalue weighted by Crippen LogP contribution is 2.31. The van der Waals surface area contributed by atoms with Gasteiger partial charge in [0.1, 0.15) is 0 Å². The largest absolute Gasteiger partial charge is 0.416 e. The topological polar surface area (TPSA) is 115 Å². The van der Waals surface area contributed by atoms with E-state index in [0.717, 1.165) is 42.1 Å². The number of nitrogens with one attached hydrogen (secondary N) is 1. The van der Waals surface area contributed by atoms with Crippen LogP contribution in [0.1, 0.15) is 15.9 Å². The van der Waals surface area contributed by atoms with Gasteiger partial charge in [-0.2, -0.15) is 13.2 Å². The number of thioether (sulfide) groups is 1. The monoisotopic (exact) mass is 399 g/mol. The lowest BCUT2D eigenvalue weighted by atomic mass is 10.2. The second-order valence-electron chi connectivity index (χ2n) is 5.22. The number of anilines is 1. The summed E-state index contributed by atoms with van der Waals surface area (Å²) in [5, 5.41) is 13.5. The number of nitro benzene ring substituents is 1. The molecule has 2 rings (SSSR count). The third-order valence-electron chi connectivity index (χ3n) is 3.29. The fraction of sp³-hybridized carbons (Fsp3) is 0.125. The van der Waals surface area contributed by atoms with E-state index < -0.39 is 28.5 Å². The van der Waals surface area contributed by atoms with Crippen LogP contribution in [-0.4, -0.2) is 22.5 Å². The van der Waals surface area contributed by atoms with Crippen LogP contribution < -0.4 is 11.1 Å². The van der Waals surface area contributed by atoms with Crippen LogP contribution in [0.3, 0.4) is 0 Å². The number of carbonyl (C=O) groups is 2. The van der Waals surface area contributed by atoms with Gasteiger partial charge in [0.15, 0.2) is 0 Å². The van der Waals surface area contributed by atoms with Gasteiger partial charge in [0.05, 0.1) is 21.1 Å². The van der Waals surface area contributed by atoms with Gasteiger partial charge in [-0.1, -0.05) is 0 Å². The number of carbonyl (C=O) groups excluding carboxylic acids is 2. The number of halogens is 3. The van der Waals surface area contributed by atoms with Crippen molar-refractivity contribution in [2.45, 2.75) is 11.1 Å². The van der Waals surface area contributed by atoms with Crippen molar-refractivity contribution in [1.82, 2.24) is 0 Å². The highest BCUT2D eigenvalue weighted by atomic mass is 32.2. The summed E-state index contributed by atoms with van der Waals surface area (Å²) in [5.41, 5.74) is 3.97. The van der Waals surface area contributed by atoms with Crippen LogP contribution in [0.5, 0.6) is 0 Å². The van der Waals surface area contributed by atoms with Crippen molar-refractivity contribution in [1.29, 1.82) is 0 Å². The lowest BCUT2D eigenvalue weighted by molar-refractivity contribution is -0.387. The molecule has 142 valence electrons. The Morgan fingerprint density at radius 3 is 2.30 bits per heavy atom. The van der Waals surface area contributed by atoms with Crippen LogP contribution in [0, 0.1) is 10.1 Å². The molecule has 0 saturated heterocycles. The molecule has 0 aliphatic heterocycles. The predicted molar refractivity (Wildman–Crippen MR) is 92.4 cm³/mol. The quantitative estimate of drug-likeness (QED) is 0.439. The second-order valence-corrected chi connectivity index (χ2v) is 6.23. The number of nitrogens with two attached hydrogens (primary N) is 1. The second kappa shape index (κ2) is 8.08. The van der Waals surface area contributed by atoms with Gasteiger partial charge in [-0.25, -0.2) is 0 Å². The summed E-state index contributed by atoms with van der Waals surface area (Å²) in [6, 6.07) is 7.48. The molecule has 0 aliphatic rings. The van der Waals surface area contributed by atoms with E-state index >= 15 is 0 Å². The molecule has 0 bridgehead atoms. The Morgan fingerprint density at radius 2 is 1.78 bits per heavy atom. The Bertz CT molecular complexity index is 885. The smallest absolute Gasteiger partial charge is 0.366 e. The van der Waals surface area contributed by atoms with E-state index in [0.29, 0.717) is 0 Å². The predicted octanol–water partition coefficient (Wildman–Crippen LogP) is 3.44. The number of hydrogen-bond acceptors (Lipinski definition) is 5. The molecule has 0 atom stereocenters. The molecule has 0 aromatic heterocycles. The van der Waals surface area contributed by atoms with Gasteiger partial charge in [-0.05, 0) is 36.4 Å². The molecule has 2 aromatic rings. The van der Waals surface area contributed by atoms with E-state index in [4.69, 9.17) is 5.73 Å². The van der Waals surface area contributed by atoms with Crippen molar-refractivity contribution in [2.75, 3.05) is 11.1 Å². The molecule has 0 saturated carbocycles. The molecule has 7 nitrogen and oxygen atoms in total. The third kappa shape index (κ3) is 5.45. The third-order valence-corrected chi connectivity index (χ3v) is 4.36. The van der Waals surface area contributed by atoms with Crippen molar-refractivity contribution in [3.8, 4) is 0 Å². The van der Waals surface area contributed by atoms with E-state index in [1.165, 1.54) is 12.1 Å². The first-order valence-electron chi connectivity index (χ1n) is 7.26. The van der Waals surface area contributed by atoms with Gasteiger partial charge < -0.3 is 11.1 Å². The minimum absolute atomic E-state index is 0.0414. The van der Waals surface area contributed by atoms with Crippen LogP contribution in [0.25, 0.3) is 0 Å². The summed E-state index contributed by atoms with van der Waals surface area (Å²) in [6.07, 6.45) is -4.48. The minimum atomic E-state index is -4.48. The lowest BCUT2D eigenvalue weighted by Gasteiger charge is -2.09. The van der Waals surface area contributed by atoms with Crippen molar-refractivity contribution in [3.63, 3.8) is 0 Å². The molecule has 0 unspecified atom stereocenters. The van der Waals surface area contributed by atoms with Gasteiger partial charge in [0, 0.05) is 17.3 Å². The Balaban J connectivity index is 2.03. The van der Waals surface area contributed by atoms with Gasteiger partial charge >= 0.3 is 6.18 Å². The Hall–Kier alpha value is -3.08. The number of nitro groups is 1. The molecular formula is C16H12F3N3O4S. The number of primary amides is 1. The zero-order chi connectivity index (χ0) is 20.2. The van der Waals surface area contributed by atoms with Crippen LogP contribution >= 0.6 is 11.8 Å². The highest BCUT2D eigenvalue weighted by Gasteiger charge is 2.30. The molecule has 0 radical (unpaired) electrons. The number of rotatable bonds is 6. The zero-order valence-corrected chi connectivity index (χ0v) is 14.3. The summed E-state index contributed by atoms with van der Waals surface area (Å²) in [4.78, 5) is 33.6. The standard InChI is InChI=1S/C16H12F3N3O4S/c17-16(18,19)10-2-4-11(5-3-10)21-14(23)8-27-13-6-1-9(15(20)24)7-12(13)22(25)26/h1-7H,8H2,(H2,20,24)(H,21,23). The summed E-state index contributed by atoms with van der Waals surface area (Å²) in [5.74, 6) is -1.61. The summed E-state index contributed by atoms with van der Waals surface area (Å²) >= 11 is 0.845. The molecule has 3 N–H and O–H groups in total. The maximum absolute atomic E-state index is 12.5. The molecule has 0 heterocycles. The van der Waals surface area contributed by atoms with E-state index in [9.17, 15) is 32.9 Å². The van der Waals surface area contributed by atoms with E-state index in [1.54, 1.807) is 0 Å². The van der Waals surface area contributed by atoms with Crippen LogP contribution in [0.2, 0.25) is 0 Å². The van der Waals surface area contributed by atoms with Crippen LogP contribution in [0.15, 0.2) is 47.4 Å². The van der Waals surface area contributed by atoms with Crippen LogP contribution in [0.4, 0.5) is 24.5 Å². The average molecular weight is 399 g/mol. The first kappa shape index (κ1) is 20.2. The van der Waals surface area contributed by atoms with Gasteiger partial charge in [0.2, 0.25) is 11.8 Å². The Labute approximate surface area is 154 Å². The summed E-state index contributed by atoms with van der Waals surface area (Å²) in [7, 11) is 0. The molecule has 0 fully saturated rings. The lowest BCUT2D eigenvalue weighted by Crippen LogP contribution is -2.15. The SMILES string of the molecule is NC(=O)c1ccc(SCC(=O)Nc2ccc(C(F)(F)F)cc2)c([N+](=O)[O-])c1. The molecule has 27 heavy (non-hydrogen) atoms. The van der Waals surface area contributed by atoms with Crippen molar-refractivity contribution in [3.05, 3.63) is 63.7 Å². The first-order chi connectivity index (χ1) is 12.6. The Kier molecular flexibility index (Phi) is 6.05. The van der Waals surface area contributed by atoms with Crippen molar-refractivity contribution in [2.24, 2.45) is 5.73 Å². The number of alkyl halides is 3. The molecular weight excluding hydrogens is 387 g/mol. The zero-order valence-electron chi connectivity index (χ0n) is 13.4. The summed E-state index contributed by atoms with van der Waals surface area (Å²) < 4.78 is 37.5.